The van der Waals surface area contributed by atoms with Gasteiger partial charge in [-0.3, -0.25) is 0 Å². The predicted molar refractivity (Wildman–Crippen MR) is 82.3 cm³/mol. The highest BCUT2D eigenvalue weighted by Crippen LogP contribution is 2.22. The van der Waals surface area contributed by atoms with E-state index < -0.39 is 24.5 Å². The largest absolute Gasteiger partial charge is 0.545 e. The van der Waals surface area contributed by atoms with Crippen molar-refractivity contribution in [3.63, 3.8) is 0 Å². The van der Waals surface area contributed by atoms with Crippen LogP contribution in [0.2, 0.25) is 0 Å². The van der Waals surface area contributed by atoms with Gasteiger partial charge >= 0.3 is 0 Å². The van der Waals surface area contributed by atoms with Gasteiger partial charge in [-0.15, -0.1) is 0 Å². The van der Waals surface area contributed by atoms with Gasteiger partial charge < -0.3 is 38.7 Å². The van der Waals surface area contributed by atoms with Gasteiger partial charge in [0.25, 0.3) is 12.6 Å². The molecule has 0 aromatic heterocycles. The third kappa shape index (κ3) is 4.29. The Labute approximate surface area is 148 Å². The highest BCUT2D eigenvalue weighted by atomic mass is 16.8. The molecule has 0 radical (unpaired) electrons. The standard InChI is InChI=1S/C18H16O8/c19-15(20)11-1-5-13(6-2-11)25-17-18(24-10-9-23-17)26-14-7-3-12(4-8-14)16(21)22/h1-8,17-18H,9-10H2,(H,19,20)(H,21,22)/p-2/t17-,18+. The highest BCUT2D eigenvalue weighted by molar-refractivity contribution is 5.86. The van der Waals surface area contributed by atoms with Gasteiger partial charge in [0, 0.05) is 0 Å². The van der Waals surface area contributed by atoms with Gasteiger partial charge in [-0.1, -0.05) is 0 Å². The molecule has 8 nitrogen and oxygen atoms in total. The molecule has 1 fully saturated rings. The Morgan fingerprint density at radius 1 is 0.731 bits per heavy atom. The van der Waals surface area contributed by atoms with Crippen molar-refractivity contribution in [1.29, 1.82) is 0 Å². The van der Waals surface area contributed by atoms with Crippen molar-refractivity contribution in [1.82, 2.24) is 0 Å². The average Bonchev–Trinajstić information content (AvgIpc) is 2.64. The van der Waals surface area contributed by atoms with E-state index in [2.05, 4.69) is 0 Å². The summed E-state index contributed by atoms with van der Waals surface area (Å²) < 4.78 is 22.3. The van der Waals surface area contributed by atoms with E-state index in [0.717, 1.165) is 0 Å². The molecular weight excluding hydrogens is 344 g/mol. The van der Waals surface area contributed by atoms with Gasteiger partial charge in [-0.05, 0) is 59.7 Å². The van der Waals surface area contributed by atoms with Crippen molar-refractivity contribution < 1.29 is 38.7 Å². The normalized spacial score (nSPS) is 19.5. The second-order valence-corrected chi connectivity index (χ2v) is 5.34. The molecule has 0 amide bonds. The minimum atomic E-state index is -1.28. The van der Waals surface area contributed by atoms with Crippen LogP contribution in [-0.4, -0.2) is 37.7 Å². The van der Waals surface area contributed by atoms with Crippen molar-refractivity contribution >= 4 is 11.9 Å². The third-order valence-electron chi connectivity index (χ3n) is 3.55. The number of carboxylic acids is 2. The summed E-state index contributed by atoms with van der Waals surface area (Å²) in [7, 11) is 0. The summed E-state index contributed by atoms with van der Waals surface area (Å²) in [5, 5.41) is 21.5. The molecule has 3 rings (SSSR count). The number of carbonyl (C=O) groups is 2. The summed E-state index contributed by atoms with van der Waals surface area (Å²) in [6.07, 6.45) is -1.78. The second kappa shape index (κ2) is 7.85. The Hall–Kier alpha value is -3.10. The Morgan fingerprint density at radius 3 is 1.38 bits per heavy atom. The lowest BCUT2D eigenvalue weighted by molar-refractivity contribution is -0.271. The van der Waals surface area contributed by atoms with Crippen LogP contribution in [0, 0.1) is 0 Å². The van der Waals surface area contributed by atoms with E-state index in [1.165, 1.54) is 48.5 Å². The van der Waals surface area contributed by atoms with Crippen LogP contribution in [-0.2, 0) is 9.47 Å². The van der Waals surface area contributed by atoms with Crippen molar-refractivity contribution in [3.05, 3.63) is 59.7 Å². The maximum absolute atomic E-state index is 10.8. The molecule has 0 bridgehead atoms. The van der Waals surface area contributed by atoms with Crippen LogP contribution in [0.1, 0.15) is 20.7 Å². The van der Waals surface area contributed by atoms with Crippen LogP contribution in [0.15, 0.2) is 48.5 Å². The van der Waals surface area contributed by atoms with Crippen LogP contribution >= 0.6 is 0 Å². The Balaban J connectivity index is 1.67. The molecule has 0 aliphatic carbocycles. The Kier molecular flexibility index (Phi) is 5.35. The molecule has 0 unspecified atom stereocenters. The molecule has 0 N–H and O–H groups in total. The first-order valence-corrected chi connectivity index (χ1v) is 7.72. The molecule has 0 saturated carbocycles. The zero-order chi connectivity index (χ0) is 18.5. The maximum atomic E-state index is 10.8. The number of aromatic carboxylic acids is 2. The fraction of sp³-hybridized carbons (Fsp3) is 0.222. The molecule has 1 heterocycles. The monoisotopic (exact) mass is 358 g/mol. The third-order valence-corrected chi connectivity index (χ3v) is 3.55. The van der Waals surface area contributed by atoms with Crippen molar-refractivity contribution in [2.45, 2.75) is 12.6 Å². The average molecular weight is 358 g/mol. The molecule has 2 aromatic rings. The first kappa shape index (κ1) is 17.7. The van der Waals surface area contributed by atoms with Crippen LogP contribution in [0.5, 0.6) is 11.5 Å². The van der Waals surface area contributed by atoms with E-state index in [1.807, 2.05) is 0 Å². The smallest absolute Gasteiger partial charge is 0.263 e. The van der Waals surface area contributed by atoms with E-state index >= 15 is 0 Å². The quantitative estimate of drug-likeness (QED) is 0.683. The van der Waals surface area contributed by atoms with Crippen molar-refractivity contribution in [3.8, 4) is 11.5 Å². The molecule has 1 aliphatic rings. The summed E-state index contributed by atoms with van der Waals surface area (Å²) in [5.74, 6) is -1.83. The Morgan fingerprint density at radius 2 is 1.08 bits per heavy atom. The minimum absolute atomic E-state index is 0.0268. The number of hydrogen-bond donors (Lipinski definition) is 0. The summed E-state index contributed by atoms with van der Waals surface area (Å²) in [6.45, 7) is 0.594. The molecule has 1 aliphatic heterocycles. The van der Waals surface area contributed by atoms with E-state index in [0.29, 0.717) is 24.7 Å². The molecule has 136 valence electrons. The number of ether oxygens (including phenoxy) is 4. The van der Waals surface area contributed by atoms with Crippen LogP contribution in [0.3, 0.4) is 0 Å². The highest BCUT2D eigenvalue weighted by Gasteiger charge is 2.31. The molecular formula is C18H14O8-2. The number of rotatable bonds is 6. The summed E-state index contributed by atoms with van der Waals surface area (Å²) in [6, 6.07) is 11.3. The molecule has 2 aromatic carbocycles. The van der Waals surface area contributed by atoms with Crippen LogP contribution < -0.4 is 19.7 Å². The first-order chi connectivity index (χ1) is 12.5. The van der Waals surface area contributed by atoms with E-state index in [9.17, 15) is 19.8 Å². The molecule has 8 heteroatoms. The van der Waals surface area contributed by atoms with Gasteiger partial charge in [0.05, 0.1) is 25.2 Å². The van der Waals surface area contributed by atoms with Crippen LogP contribution in [0.25, 0.3) is 0 Å². The summed E-state index contributed by atoms with van der Waals surface area (Å²) >= 11 is 0. The van der Waals surface area contributed by atoms with Gasteiger partial charge in [0.15, 0.2) is 0 Å². The number of hydrogen-bond acceptors (Lipinski definition) is 8. The van der Waals surface area contributed by atoms with Gasteiger partial charge in [-0.2, -0.15) is 0 Å². The van der Waals surface area contributed by atoms with Crippen molar-refractivity contribution in [2.24, 2.45) is 0 Å². The molecule has 1 saturated heterocycles. The van der Waals surface area contributed by atoms with Gasteiger partial charge in [-0.25, -0.2) is 0 Å². The topological polar surface area (TPSA) is 117 Å². The predicted octanol–water partition coefficient (Wildman–Crippen LogP) is -0.430. The first-order valence-electron chi connectivity index (χ1n) is 7.72. The molecule has 26 heavy (non-hydrogen) atoms. The summed E-state index contributed by atoms with van der Waals surface area (Å²) in [5.41, 5.74) is 0.0537. The van der Waals surface area contributed by atoms with E-state index in [-0.39, 0.29) is 11.1 Å². The van der Waals surface area contributed by atoms with E-state index in [1.54, 1.807) is 0 Å². The van der Waals surface area contributed by atoms with Crippen molar-refractivity contribution in [2.75, 3.05) is 13.2 Å². The molecule has 2 atom stereocenters. The molecule has 0 spiro atoms. The minimum Gasteiger partial charge on any atom is -0.545 e. The SMILES string of the molecule is O=C([O-])c1ccc(O[C@H]2OCCO[C@H]2Oc2ccc(C(=O)[O-])cc2)cc1. The number of carbonyl (C=O) groups excluding carboxylic acids is 2. The maximum Gasteiger partial charge on any atom is 0.263 e. The second-order valence-electron chi connectivity index (χ2n) is 5.34. The Bertz CT molecular complexity index is 701. The fourth-order valence-corrected chi connectivity index (χ4v) is 2.27. The fourth-order valence-electron chi connectivity index (χ4n) is 2.27. The van der Waals surface area contributed by atoms with E-state index in [4.69, 9.17) is 18.9 Å². The lowest BCUT2D eigenvalue weighted by atomic mass is 10.2. The number of carboxylic acid groups (broad SMARTS) is 2. The zero-order valence-electron chi connectivity index (χ0n) is 13.5. The lowest BCUT2D eigenvalue weighted by Crippen LogP contribution is -2.45. The van der Waals surface area contributed by atoms with Gasteiger partial charge in [0.1, 0.15) is 11.5 Å². The van der Waals surface area contributed by atoms with Gasteiger partial charge in [0.2, 0.25) is 0 Å². The lowest BCUT2D eigenvalue weighted by Gasteiger charge is -2.31. The number of benzene rings is 2. The zero-order valence-corrected chi connectivity index (χ0v) is 13.5. The van der Waals surface area contributed by atoms with Crippen LogP contribution in [0.4, 0.5) is 0 Å². The summed E-state index contributed by atoms with van der Waals surface area (Å²) in [4.78, 5) is 21.5.